The Morgan fingerprint density at radius 3 is 2.47 bits per heavy atom. The summed E-state index contributed by atoms with van der Waals surface area (Å²) in [5, 5.41) is 16.8. The number of amides is 3. The predicted octanol–water partition coefficient (Wildman–Crippen LogP) is 2.81. The van der Waals surface area contributed by atoms with E-state index in [1.807, 2.05) is 27.7 Å². The van der Waals surface area contributed by atoms with Gasteiger partial charge in [0.15, 0.2) is 6.29 Å². The molecule has 1 saturated heterocycles. The molecule has 1 aromatic rings. The first kappa shape index (κ1) is 30.0. The highest BCUT2D eigenvalue weighted by molar-refractivity contribution is 5.99. The molecule has 10 heteroatoms. The highest BCUT2D eigenvalue weighted by atomic mass is 16.6. The van der Waals surface area contributed by atoms with Gasteiger partial charge in [0.2, 0.25) is 11.8 Å². The van der Waals surface area contributed by atoms with Crippen LogP contribution in [0.4, 0.5) is 0 Å². The molecule has 0 aromatic carbocycles. The molecule has 10 nitrogen and oxygen atoms in total. The Balaban J connectivity index is 1.86. The molecule has 1 saturated carbocycles. The summed E-state index contributed by atoms with van der Waals surface area (Å²) in [6.07, 6.45) is 9.30. The van der Waals surface area contributed by atoms with E-state index in [0.717, 1.165) is 38.5 Å². The monoisotopic (exact) mass is 531 g/mol. The number of nitrogens with one attached hydrogen (secondary N) is 2. The minimum absolute atomic E-state index is 0.123. The van der Waals surface area contributed by atoms with E-state index in [-0.39, 0.29) is 23.4 Å². The summed E-state index contributed by atoms with van der Waals surface area (Å²) in [4.78, 5) is 50.8. The topological polar surface area (TPSA) is 134 Å². The molecule has 1 aliphatic heterocycles. The minimum atomic E-state index is -1.14. The van der Waals surface area contributed by atoms with Crippen molar-refractivity contribution in [1.29, 1.82) is 0 Å². The number of hydrogen-bond acceptors (Lipinski definition) is 7. The molecule has 2 fully saturated rings. The zero-order chi connectivity index (χ0) is 27.9. The van der Waals surface area contributed by atoms with Gasteiger partial charge in [-0.15, -0.1) is 0 Å². The first-order valence-electron chi connectivity index (χ1n) is 14.0. The average Bonchev–Trinajstić information content (AvgIpc) is 3.31. The molecule has 2 heterocycles. The summed E-state index contributed by atoms with van der Waals surface area (Å²) in [6.45, 7) is 10.5. The Kier molecular flexibility index (Phi) is 10.2. The van der Waals surface area contributed by atoms with E-state index in [9.17, 15) is 19.5 Å². The van der Waals surface area contributed by atoms with E-state index in [1.54, 1.807) is 4.90 Å². The van der Waals surface area contributed by atoms with E-state index < -0.39 is 35.2 Å². The van der Waals surface area contributed by atoms with E-state index >= 15 is 0 Å². The van der Waals surface area contributed by atoms with Crippen LogP contribution >= 0.6 is 0 Å². The second-order valence-electron chi connectivity index (χ2n) is 11.7. The second-order valence-corrected chi connectivity index (χ2v) is 11.7. The van der Waals surface area contributed by atoms with Gasteiger partial charge < -0.3 is 25.4 Å². The summed E-state index contributed by atoms with van der Waals surface area (Å²) in [5.74, 6) is -0.943. The Labute approximate surface area is 226 Å². The molecule has 2 aliphatic rings. The fourth-order valence-electron chi connectivity index (χ4n) is 5.82. The molecule has 0 radical (unpaired) electrons. The van der Waals surface area contributed by atoms with Crippen LogP contribution in [0.15, 0.2) is 18.6 Å². The zero-order valence-electron chi connectivity index (χ0n) is 23.5. The van der Waals surface area contributed by atoms with Gasteiger partial charge in [-0.25, -0.2) is 4.98 Å². The lowest BCUT2D eigenvalue weighted by molar-refractivity contribution is -0.163. The lowest BCUT2D eigenvalue weighted by Crippen LogP contribution is -2.65. The number of aromatic nitrogens is 2. The fourth-order valence-corrected chi connectivity index (χ4v) is 5.82. The Hall–Kier alpha value is -2.59. The summed E-state index contributed by atoms with van der Waals surface area (Å²) in [5.41, 5.74) is -1.61. The molecule has 1 aliphatic carbocycles. The molecule has 212 valence electrons. The van der Waals surface area contributed by atoms with Crippen LogP contribution in [0.1, 0.15) is 96.5 Å². The van der Waals surface area contributed by atoms with Crippen molar-refractivity contribution in [3.05, 3.63) is 24.3 Å². The van der Waals surface area contributed by atoms with Crippen molar-refractivity contribution in [2.75, 3.05) is 13.2 Å². The van der Waals surface area contributed by atoms with Gasteiger partial charge in [0.1, 0.15) is 17.3 Å². The SMILES string of the molecule is CCC[C@H]1CCN(C(=O)C(NC(=O)C2(NC(=O)c3cnccn3)CCCCC2)C(C)(C)C)C1C(O)OCC. The van der Waals surface area contributed by atoms with Gasteiger partial charge in [-0.05, 0) is 43.9 Å². The van der Waals surface area contributed by atoms with E-state index in [1.165, 1.54) is 18.6 Å². The van der Waals surface area contributed by atoms with Crippen molar-refractivity contribution in [2.24, 2.45) is 11.3 Å². The van der Waals surface area contributed by atoms with Crippen LogP contribution in [0.3, 0.4) is 0 Å². The molecule has 38 heavy (non-hydrogen) atoms. The van der Waals surface area contributed by atoms with Crippen LogP contribution in [-0.4, -0.2) is 74.8 Å². The number of ether oxygens (including phenoxy) is 1. The molecule has 1 aromatic heterocycles. The first-order chi connectivity index (χ1) is 18.0. The lowest BCUT2D eigenvalue weighted by Gasteiger charge is -2.41. The second kappa shape index (κ2) is 13.0. The third-order valence-corrected chi connectivity index (χ3v) is 7.83. The highest BCUT2D eigenvalue weighted by Gasteiger charge is 2.48. The van der Waals surface area contributed by atoms with Crippen LogP contribution in [0.5, 0.6) is 0 Å². The molecular weight excluding hydrogens is 486 g/mol. The Morgan fingerprint density at radius 1 is 1.18 bits per heavy atom. The van der Waals surface area contributed by atoms with Gasteiger partial charge in [-0.1, -0.05) is 53.4 Å². The van der Waals surface area contributed by atoms with E-state index in [0.29, 0.717) is 26.0 Å². The molecule has 3 unspecified atom stereocenters. The third-order valence-electron chi connectivity index (χ3n) is 7.83. The zero-order valence-corrected chi connectivity index (χ0v) is 23.5. The van der Waals surface area contributed by atoms with E-state index in [4.69, 9.17) is 4.74 Å². The summed E-state index contributed by atoms with van der Waals surface area (Å²) in [6, 6.07) is -1.32. The largest absolute Gasteiger partial charge is 0.366 e. The smallest absolute Gasteiger partial charge is 0.272 e. The standard InChI is InChI=1S/C28H45N5O5/c1-6-11-19-12-17-33(21(19)25(36)38-7-2)24(35)22(27(3,4)5)31-26(37)28(13-9-8-10-14-28)32-23(34)20-18-29-15-16-30-20/h15-16,18-19,21-22,25,36H,6-14,17H2,1-5H3,(H,31,37)(H,32,34)/t19-,21?,22?,25?/m0/s1. The van der Waals surface area contributed by atoms with Crippen molar-refractivity contribution in [2.45, 2.75) is 110 Å². The quantitative estimate of drug-likeness (QED) is 0.395. The van der Waals surface area contributed by atoms with Crippen molar-refractivity contribution in [3.8, 4) is 0 Å². The van der Waals surface area contributed by atoms with Crippen molar-refractivity contribution in [3.63, 3.8) is 0 Å². The Bertz CT molecular complexity index is 945. The normalized spacial score (nSPS) is 22.9. The lowest BCUT2D eigenvalue weighted by atomic mass is 9.79. The maximum Gasteiger partial charge on any atom is 0.272 e. The van der Waals surface area contributed by atoms with Gasteiger partial charge in [0, 0.05) is 25.5 Å². The number of likely N-dealkylation sites (tertiary alicyclic amines) is 1. The summed E-state index contributed by atoms with van der Waals surface area (Å²) < 4.78 is 5.54. The number of rotatable bonds is 10. The molecule has 3 rings (SSSR count). The van der Waals surface area contributed by atoms with Gasteiger partial charge in [-0.2, -0.15) is 0 Å². The molecular formula is C28H45N5O5. The van der Waals surface area contributed by atoms with Crippen LogP contribution in [0, 0.1) is 11.3 Å². The maximum atomic E-state index is 14.1. The van der Waals surface area contributed by atoms with Crippen LogP contribution in [-0.2, 0) is 14.3 Å². The summed E-state index contributed by atoms with van der Waals surface area (Å²) >= 11 is 0. The number of carbonyl (C=O) groups is 3. The molecule has 4 atom stereocenters. The molecule has 3 N–H and O–H groups in total. The van der Waals surface area contributed by atoms with Gasteiger partial charge in [0.25, 0.3) is 5.91 Å². The number of aliphatic hydroxyl groups excluding tert-OH is 1. The van der Waals surface area contributed by atoms with Crippen molar-refractivity contribution >= 4 is 17.7 Å². The number of nitrogens with zero attached hydrogens (tertiary/aromatic N) is 3. The van der Waals surface area contributed by atoms with Gasteiger partial charge >= 0.3 is 0 Å². The molecule has 0 spiro atoms. The first-order valence-corrected chi connectivity index (χ1v) is 14.0. The van der Waals surface area contributed by atoms with Crippen molar-refractivity contribution < 1.29 is 24.2 Å². The number of carbonyl (C=O) groups excluding carboxylic acids is 3. The number of aliphatic hydroxyl groups is 1. The Morgan fingerprint density at radius 2 is 1.89 bits per heavy atom. The molecule has 0 bridgehead atoms. The highest BCUT2D eigenvalue weighted by Crippen LogP contribution is 2.35. The van der Waals surface area contributed by atoms with Gasteiger partial charge in [-0.3, -0.25) is 19.4 Å². The minimum Gasteiger partial charge on any atom is -0.366 e. The third kappa shape index (κ3) is 6.88. The fraction of sp³-hybridized carbons (Fsp3) is 0.750. The average molecular weight is 532 g/mol. The van der Waals surface area contributed by atoms with Crippen LogP contribution in [0.25, 0.3) is 0 Å². The molecule has 3 amide bonds. The van der Waals surface area contributed by atoms with E-state index in [2.05, 4.69) is 27.5 Å². The van der Waals surface area contributed by atoms with Crippen LogP contribution in [0.2, 0.25) is 0 Å². The van der Waals surface area contributed by atoms with Gasteiger partial charge in [0.05, 0.1) is 12.2 Å². The predicted molar refractivity (Wildman–Crippen MR) is 143 cm³/mol. The number of hydrogen-bond donors (Lipinski definition) is 3. The van der Waals surface area contributed by atoms with Crippen molar-refractivity contribution in [1.82, 2.24) is 25.5 Å². The maximum absolute atomic E-state index is 14.1. The summed E-state index contributed by atoms with van der Waals surface area (Å²) in [7, 11) is 0. The van der Waals surface area contributed by atoms with Crippen LogP contribution < -0.4 is 10.6 Å².